The van der Waals surface area contributed by atoms with Crippen LogP contribution in [0.2, 0.25) is 0 Å². The van der Waals surface area contributed by atoms with Gasteiger partial charge in [-0.25, -0.2) is 20.1 Å². The van der Waals surface area contributed by atoms with Crippen LogP contribution in [-0.2, 0) is 20.8 Å². The number of imide groups is 1. The van der Waals surface area contributed by atoms with Crippen LogP contribution in [0.3, 0.4) is 0 Å². The summed E-state index contributed by atoms with van der Waals surface area (Å²) in [6, 6.07) is 18.0. The van der Waals surface area contributed by atoms with Gasteiger partial charge in [0.05, 0.1) is 22.7 Å². The number of hydrogen-bond acceptors (Lipinski definition) is 12. The molecule has 1 aliphatic carbocycles. The van der Waals surface area contributed by atoms with E-state index in [9.17, 15) is 24.4 Å². The third-order valence-corrected chi connectivity index (χ3v) is 13.2. The summed E-state index contributed by atoms with van der Waals surface area (Å²) in [5.41, 5.74) is 7.35. The third-order valence-electron chi connectivity index (χ3n) is 13.2. The molecule has 0 radical (unpaired) electrons. The van der Waals surface area contributed by atoms with Gasteiger partial charge in [0.1, 0.15) is 17.3 Å². The fourth-order valence-corrected chi connectivity index (χ4v) is 9.92. The molecule has 0 spiro atoms. The predicted molar refractivity (Wildman–Crippen MR) is 230 cm³/mol. The van der Waals surface area contributed by atoms with Crippen molar-refractivity contribution in [2.24, 2.45) is 11.3 Å². The second-order valence-electron chi connectivity index (χ2n) is 16.9. The predicted octanol–water partition coefficient (Wildman–Crippen LogP) is 3.20. The van der Waals surface area contributed by atoms with Crippen molar-refractivity contribution in [3.8, 4) is 17.5 Å². The van der Waals surface area contributed by atoms with Gasteiger partial charge in [0.2, 0.25) is 5.91 Å². The summed E-state index contributed by atoms with van der Waals surface area (Å²) in [7, 11) is 0. The number of benzene rings is 2. The standard InChI is InChI=1S/C46H49N11O4/c1-29-35-9-8-31(24-36(35)44(61)57(54-29)38-10-11-40(58)52-43(38)60)37-27-48-18-13-32(37)23-34-26-49-20-21-56(34)39-14-19-50-42(51-39)33-7-5-6-30(22-33)25-46(17-12-41(59)53-55-46)45(28-47)15-3-2-4-16-45/h2-9,12,14-15,17,19,22,24,32,34,37-38,48-49,55H,10-11,13,16,18,20-21,23,25-27H2,1H3,(H,53,59)(H,52,58,60). The van der Waals surface area contributed by atoms with Crippen molar-refractivity contribution in [2.75, 3.05) is 37.6 Å². The maximum absolute atomic E-state index is 14.0. The SMILES string of the molecule is Cc1nn(C2CCC(=O)NC2=O)c(=O)c2cc(C3CNCCC3CC3CNCCN3c3ccnc(-c4cccc(CC5(C6(C#N)C=CC=CC6)C=CC(=O)NN5)c4)n3)ccc12. The molecule has 3 fully saturated rings. The average molecular weight is 820 g/mol. The molecule has 4 aromatic rings. The van der Waals surface area contributed by atoms with Crippen LogP contribution in [0.1, 0.15) is 60.9 Å². The number of piperidine rings is 2. The first-order valence-corrected chi connectivity index (χ1v) is 21.2. The van der Waals surface area contributed by atoms with Gasteiger partial charge in [-0.2, -0.15) is 10.4 Å². The monoisotopic (exact) mass is 819 g/mol. The molecule has 0 saturated carbocycles. The van der Waals surface area contributed by atoms with Crippen molar-refractivity contribution in [1.29, 1.82) is 5.26 Å². The molecule has 9 rings (SSSR count). The first-order valence-electron chi connectivity index (χ1n) is 21.2. The molecule has 15 heteroatoms. The van der Waals surface area contributed by atoms with Crippen LogP contribution in [0.5, 0.6) is 0 Å². The Kier molecular flexibility index (Phi) is 10.9. The summed E-state index contributed by atoms with van der Waals surface area (Å²) in [6.45, 7) is 5.92. The lowest BCUT2D eigenvalue weighted by molar-refractivity contribution is -0.136. The second kappa shape index (κ2) is 16.6. The molecule has 6 unspecified atom stereocenters. The minimum absolute atomic E-state index is 0.146. The zero-order chi connectivity index (χ0) is 42.1. The highest BCUT2D eigenvalue weighted by atomic mass is 16.2. The second-order valence-corrected chi connectivity index (χ2v) is 16.9. The van der Waals surface area contributed by atoms with Gasteiger partial charge in [0.15, 0.2) is 5.82 Å². The number of nitrogens with one attached hydrogen (secondary N) is 5. The van der Waals surface area contributed by atoms with Crippen LogP contribution in [-0.4, -0.2) is 81.8 Å². The fraction of sp³-hybridized carbons (Fsp3) is 0.391. The lowest BCUT2D eigenvalue weighted by atomic mass is 9.64. The van der Waals surface area contributed by atoms with E-state index in [4.69, 9.17) is 9.97 Å². The number of carbonyl (C=O) groups excluding carboxylic acids is 3. The zero-order valence-corrected chi connectivity index (χ0v) is 34.1. The number of hydrazine groups is 1. The van der Waals surface area contributed by atoms with E-state index in [1.807, 2.05) is 79.9 Å². The van der Waals surface area contributed by atoms with Crippen molar-refractivity contribution >= 4 is 34.3 Å². The van der Waals surface area contributed by atoms with Gasteiger partial charge in [0.25, 0.3) is 17.4 Å². The quantitative estimate of drug-likeness (QED) is 0.155. The summed E-state index contributed by atoms with van der Waals surface area (Å²) in [5, 5.41) is 25.9. The highest BCUT2D eigenvalue weighted by Crippen LogP contribution is 2.43. The average Bonchev–Trinajstić information content (AvgIpc) is 3.29. The number of anilines is 1. The molecule has 61 heavy (non-hydrogen) atoms. The highest BCUT2D eigenvalue weighted by molar-refractivity contribution is 5.99. The Labute approximate surface area is 353 Å². The van der Waals surface area contributed by atoms with Crippen molar-refractivity contribution in [1.82, 2.24) is 46.6 Å². The summed E-state index contributed by atoms with van der Waals surface area (Å²) < 4.78 is 1.26. The number of allylic oxidation sites excluding steroid dienone is 3. The number of fused-ring (bicyclic) bond motifs is 1. The first kappa shape index (κ1) is 40.1. The van der Waals surface area contributed by atoms with E-state index in [0.29, 0.717) is 35.7 Å². The Hall–Kier alpha value is -6.34. The molecular weight excluding hydrogens is 771 g/mol. The number of amides is 3. The molecule has 5 aliphatic rings. The van der Waals surface area contributed by atoms with Gasteiger partial charge >= 0.3 is 0 Å². The Morgan fingerprint density at radius 2 is 1.85 bits per heavy atom. The lowest BCUT2D eigenvalue weighted by Crippen LogP contribution is -2.64. The van der Waals surface area contributed by atoms with Gasteiger partial charge in [-0.15, -0.1) is 0 Å². The molecule has 312 valence electrons. The van der Waals surface area contributed by atoms with Crippen LogP contribution in [0.15, 0.2) is 96.0 Å². The summed E-state index contributed by atoms with van der Waals surface area (Å²) in [5.74, 6) is 0.822. The maximum atomic E-state index is 14.0. The molecule has 5 N–H and O–H groups in total. The van der Waals surface area contributed by atoms with E-state index in [0.717, 1.165) is 73.5 Å². The van der Waals surface area contributed by atoms with Crippen LogP contribution in [0.4, 0.5) is 5.82 Å². The number of carbonyl (C=O) groups is 3. The number of rotatable bonds is 9. The van der Waals surface area contributed by atoms with E-state index in [2.05, 4.69) is 55.0 Å². The maximum Gasteiger partial charge on any atom is 0.275 e. The molecule has 3 amide bonds. The highest BCUT2D eigenvalue weighted by Gasteiger charge is 2.50. The van der Waals surface area contributed by atoms with Crippen LogP contribution >= 0.6 is 0 Å². The largest absolute Gasteiger partial charge is 0.351 e. The first-order chi connectivity index (χ1) is 29.7. The number of aromatic nitrogens is 4. The summed E-state index contributed by atoms with van der Waals surface area (Å²) in [4.78, 5) is 63.0. The number of nitrogens with zero attached hydrogens (tertiary/aromatic N) is 6. The Morgan fingerprint density at radius 1 is 0.967 bits per heavy atom. The van der Waals surface area contributed by atoms with Crippen molar-refractivity contribution < 1.29 is 14.4 Å². The fourth-order valence-electron chi connectivity index (χ4n) is 9.92. The Morgan fingerprint density at radius 3 is 2.66 bits per heavy atom. The summed E-state index contributed by atoms with van der Waals surface area (Å²) in [6.07, 6.45) is 16.1. The molecule has 6 atom stereocenters. The molecular formula is C46H49N11O4. The van der Waals surface area contributed by atoms with Gasteiger partial charge in [-0.3, -0.25) is 29.9 Å². The normalized spacial score (nSPS) is 27.7. The van der Waals surface area contributed by atoms with Crippen LogP contribution in [0, 0.1) is 29.6 Å². The Bertz CT molecular complexity index is 2600. The van der Waals surface area contributed by atoms with Gasteiger partial charge in [-0.1, -0.05) is 60.7 Å². The number of aryl methyl sites for hydroxylation is 1. The van der Waals surface area contributed by atoms with Crippen molar-refractivity contribution in [3.63, 3.8) is 0 Å². The van der Waals surface area contributed by atoms with E-state index >= 15 is 0 Å². The smallest absolute Gasteiger partial charge is 0.275 e. The van der Waals surface area contributed by atoms with Crippen LogP contribution in [0.25, 0.3) is 22.2 Å². The summed E-state index contributed by atoms with van der Waals surface area (Å²) >= 11 is 0. The molecule has 3 saturated heterocycles. The van der Waals surface area contributed by atoms with E-state index in [1.165, 1.54) is 10.8 Å². The molecule has 2 aromatic heterocycles. The molecule has 2 aromatic carbocycles. The Balaban J connectivity index is 0.966. The van der Waals surface area contributed by atoms with Gasteiger partial charge < -0.3 is 15.5 Å². The van der Waals surface area contributed by atoms with Crippen molar-refractivity contribution in [2.45, 2.75) is 69.0 Å². The minimum atomic E-state index is -0.923. The molecule has 4 aliphatic heterocycles. The molecule has 0 bridgehead atoms. The third kappa shape index (κ3) is 7.67. The number of nitriles is 1. The zero-order valence-electron chi connectivity index (χ0n) is 34.1. The van der Waals surface area contributed by atoms with Crippen LogP contribution < -0.4 is 37.3 Å². The van der Waals surface area contributed by atoms with Crippen molar-refractivity contribution in [3.05, 3.63) is 118 Å². The topological polar surface area (TPSA) is 199 Å². The van der Waals surface area contributed by atoms with Gasteiger partial charge in [-0.05, 0) is 86.7 Å². The lowest BCUT2D eigenvalue weighted by Gasteiger charge is -2.45. The molecule has 15 nitrogen and oxygen atoms in total. The number of piperazine rings is 1. The van der Waals surface area contributed by atoms with Gasteiger partial charge in [0, 0.05) is 61.9 Å². The van der Waals surface area contributed by atoms with E-state index < -0.39 is 22.9 Å². The van der Waals surface area contributed by atoms with E-state index in [1.54, 1.807) is 0 Å². The number of hydrogen-bond donors (Lipinski definition) is 5. The van der Waals surface area contributed by atoms with E-state index in [-0.39, 0.29) is 42.2 Å². The molecule has 6 heterocycles. The minimum Gasteiger partial charge on any atom is -0.351 e.